The second-order valence-electron chi connectivity index (χ2n) is 5.14. The molecule has 2 rings (SSSR count). The Morgan fingerprint density at radius 3 is 2.86 bits per heavy atom. The van der Waals surface area contributed by atoms with Crippen molar-refractivity contribution in [3.05, 3.63) is 24.3 Å². The summed E-state index contributed by atoms with van der Waals surface area (Å²) in [5.41, 5.74) is 6.01. The third-order valence-corrected chi connectivity index (χ3v) is 3.43. The Labute approximate surface area is 124 Å². The fraction of sp³-hybridized carbons (Fsp3) is 0.467. The number of carbonyl (C=O) groups is 2. The van der Waals surface area contributed by atoms with Crippen LogP contribution in [0, 0.1) is 0 Å². The maximum absolute atomic E-state index is 12.5. The Morgan fingerprint density at radius 2 is 2.19 bits per heavy atom. The molecule has 2 amide bonds. The molecule has 1 aromatic rings. The minimum Gasteiger partial charge on any atom is -0.477 e. The average molecular weight is 291 g/mol. The monoisotopic (exact) mass is 291 g/mol. The number of ether oxygens (including phenoxy) is 1. The van der Waals surface area contributed by atoms with Gasteiger partial charge in [-0.1, -0.05) is 19.1 Å². The van der Waals surface area contributed by atoms with Gasteiger partial charge in [-0.25, -0.2) is 0 Å². The van der Waals surface area contributed by atoms with Crippen molar-refractivity contribution in [2.24, 2.45) is 5.73 Å². The molecule has 6 nitrogen and oxygen atoms in total. The Morgan fingerprint density at radius 1 is 1.48 bits per heavy atom. The fourth-order valence-corrected chi connectivity index (χ4v) is 2.41. The van der Waals surface area contributed by atoms with Crippen LogP contribution in [0.5, 0.6) is 5.75 Å². The summed E-state index contributed by atoms with van der Waals surface area (Å²) in [5.74, 6) is -0.107. The first-order chi connectivity index (χ1) is 10.0. The van der Waals surface area contributed by atoms with Crippen LogP contribution in [0.15, 0.2) is 24.3 Å². The number of nitrogens with zero attached hydrogens (tertiary/aromatic N) is 1. The van der Waals surface area contributed by atoms with Gasteiger partial charge in [-0.15, -0.1) is 0 Å². The van der Waals surface area contributed by atoms with E-state index in [0.29, 0.717) is 17.9 Å². The summed E-state index contributed by atoms with van der Waals surface area (Å²) in [5, 5.41) is 3.20. The van der Waals surface area contributed by atoms with Gasteiger partial charge < -0.3 is 20.7 Å². The number of rotatable bonds is 5. The highest BCUT2D eigenvalue weighted by atomic mass is 16.5. The van der Waals surface area contributed by atoms with Crippen LogP contribution >= 0.6 is 0 Å². The van der Waals surface area contributed by atoms with Crippen molar-refractivity contribution >= 4 is 17.5 Å². The molecule has 1 heterocycles. The quantitative estimate of drug-likeness (QED) is 0.834. The van der Waals surface area contributed by atoms with E-state index >= 15 is 0 Å². The number of fused-ring (bicyclic) bond motifs is 1. The highest BCUT2D eigenvalue weighted by molar-refractivity contribution is 5.97. The lowest BCUT2D eigenvalue weighted by atomic mass is 10.1. The highest BCUT2D eigenvalue weighted by Crippen LogP contribution is 2.33. The Kier molecular flexibility index (Phi) is 4.80. The van der Waals surface area contributed by atoms with E-state index in [2.05, 4.69) is 5.32 Å². The van der Waals surface area contributed by atoms with Gasteiger partial charge >= 0.3 is 0 Å². The molecule has 1 aliphatic heterocycles. The molecule has 0 fully saturated rings. The van der Waals surface area contributed by atoms with Crippen molar-refractivity contribution in [3.8, 4) is 5.75 Å². The van der Waals surface area contributed by atoms with Crippen LogP contribution in [0.25, 0.3) is 0 Å². The van der Waals surface area contributed by atoms with Crippen LogP contribution in [-0.2, 0) is 9.59 Å². The number of anilines is 1. The van der Waals surface area contributed by atoms with Gasteiger partial charge in [0.25, 0.3) is 5.91 Å². The van der Waals surface area contributed by atoms with Crippen LogP contribution in [0.1, 0.15) is 20.3 Å². The normalized spacial score (nSPS) is 18.6. The van der Waals surface area contributed by atoms with Crippen molar-refractivity contribution in [2.75, 3.05) is 18.0 Å². The number of primary amides is 1. The lowest BCUT2D eigenvalue weighted by molar-refractivity contribution is -0.125. The second-order valence-corrected chi connectivity index (χ2v) is 5.14. The number of benzene rings is 1. The number of nitrogens with one attached hydrogen (secondary N) is 1. The van der Waals surface area contributed by atoms with E-state index in [4.69, 9.17) is 10.5 Å². The lowest BCUT2D eigenvalue weighted by Crippen LogP contribution is -2.50. The minimum absolute atomic E-state index is 0.0505. The van der Waals surface area contributed by atoms with Crippen molar-refractivity contribution in [2.45, 2.75) is 32.4 Å². The van der Waals surface area contributed by atoms with E-state index in [-0.39, 0.29) is 18.5 Å². The van der Waals surface area contributed by atoms with Crippen LogP contribution in [0.2, 0.25) is 0 Å². The number of hydrogen-bond acceptors (Lipinski definition) is 4. The van der Waals surface area contributed by atoms with Gasteiger partial charge in [-0.3, -0.25) is 9.59 Å². The molecule has 0 radical (unpaired) electrons. The largest absolute Gasteiger partial charge is 0.477 e. The van der Waals surface area contributed by atoms with Gasteiger partial charge in [-0.05, 0) is 25.6 Å². The van der Waals surface area contributed by atoms with Gasteiger partial charge in [0, 0.05) is 12.5 Å². The van der Waals surface area contributed by atoms with Crippen molar-refractivity contribution in [3.63, 3.8) is 0 Å². The van der Waals surface area contributed by atoms with Crippen molar-refractivity contribution < 1.29 is 14.3 Å². The lowest BCUT2D eigenvalue weighted by Gasteiger charge is -2.34. The Bertz CT molecular complexity index is 533. The van der Waals surface area contributed by atoms with Gasteiger partial charge in [0.15, 0.2) is 6.10 Å². The summed E-state index contributed by atoms with van der Waals surface area (Å²) in [6, 6.07) is 7.25. The molecule has 0 spiro atoms. The number of hydrogen-bond donors (Lipinski definition) is 2. The molecule has 0 bridgehead atoms. The zero-order chi connectivity index (χ0) is 15.4. The molecule has 3 N–H and O–H groups in total. The summed E-state index contributed by atoms with van der Waals surface area (Å²) in [4.78, 5) is 25.5. The smallest absolute Gasteiger partial charge is 0.260 e. The average Bonchev–Trinajstić information content (AvgIpc) is 2.46. The first-order valence-electron chi connectivity index (χ1n) is 7.11. The number of para-hydroxylation sites is 2. The van der Waals surface area contributed by atoms with E-state index in [1.807, 2.05) is 26.0 Å². The summed E-state index contributed by atoms with van der Waals surface area (Å²) >= 11 is 0. The third kappa shape index (κ3) is 3.52. The van der Waals surface area contributed by atoms with Gasteiger partial charge in [0.2, 0.25) is 5.91 Å². The standard InChI is InChI=1S/C15H21N3O3/c1-3-17-10(2)8-14(19)18-9-13(15(16)20)21-12-7-5-4-6-11(12)18/h4-7,10,13,17H,3,8-9H2,1-2H3,(H2,16,20). The van der Waals surface area contributed by atoms with E-state index in [1.165, 1.54) is 0 Å². The zero-order valence-electron chi connectivity index (χ0n) is 12.3. The summed E-state index contributed by atoms with van der Waals surface area (Å²) in [6.45, 7) is 4.91. The SMILES string of the molecule is CCNC(C)CC(=O)N1CC(C(N)=O)Oc2ccccc21. The molecular formula is C15H21N3O3. The maximum Gasteiger partial charge on any atom is 0.260 e. The topological polar surface area (TPSA) is 84.7 Å². The van der Waals surface area contributed by atoms with Crippen LogP contribution < -0.4 is 20.7 Å². The Hall–Kier alpha value is -2.08. The predicted octanol–water partition coefficient (Wildman–Crippen LogP) is 0.654. The summed E-state index contributed by atoms with van der Waals surface area (Å²) in [7, 11) is 0. The molecule has 0 saturated heterocycles. The van der Waals surface area contributed by atoms with Crippen molar-refractivity contribution in [1.29, 1.82) is 0 Å². The second kappa shape index (κ2) is 6.58. The van der Waals surface area contributed by atoms with Gasteiger partial charge in [0.05, 0.1) is 12.2 Å². The Balaban J connectivity index is 2.20. The molecule has 2 atom stereocenters. The van der Waals surface area contributed by atoms with E-state index < -0.39 is 12.0 Å². The van der Waals surface area contributed by atoms with E-state index in [9.17, 15) is 9.59 Å². The maximum atomic E-state index is 12.5. The number of carbonyl (C=O) groups excluding carboxylic acids is 2. The van der Waals surface area contributed by atoms with Crippen LogP contribution in [-0.4, -0.2) is 37.0 Å². The first kappa shape index (κ1) is 15.3. The summed E-state index contributed by atoms with van der Waals surface area (Å²) < 4.78 is 5.54. The molecule has 6 heteroatoms. The van der Waals surface area contributed by atoms with Gasteiger partial charge in [-0.2, -0.15) is 0 Å². The van der Waals surface area contributed by atoms with E-state index in [1.54, 1.807) is 17.0 Å². The molecule has 0 aromatic heterocycles. The van der Waals surface area contributed by atoms with Crippen LogP contribution in [0.4, 0.5) is 5.69 Å². The molecule has 0 saturated carbocycles. The zero-order valence-corrected chi connectivity index (χ0v) is 12.3. The van der Waals surface area contributed by atoms with Crippen LogP contribution in [0.3, 0.4) is 0 Å². The minimum atomic E-state index is -0.807. The van der Waals surface area contributed by atoms with E-state index in [0.717, 1.165) is 6.54 Å². The predicted molar refractivity (Wildman–Crippen MR) is 80.2 cm³/mol. The summed E-state index contributed by atoms with van der Waals surface area (Å²) in [6.07, 6.45) is -0.452. The van der Waals surface area contributed by atoms with Crippen molar-refractivity contribution in [1.82, 2.24) is 5.32 Å². The molecule has 21 heavy (non-hydrogen) atoms. The molecule has 114 valence electrons. The highest BCUT2D eigenvalue weighted by Gasteiger charge is 2.32. The number of nitrogens with two attached hydrogens (primary N) is 1. The fourth-order valence-electron chi connectivity index (χ4n) is 2.41. The molecule has 1 aliphatic rings. The molecule has 2 unspecified atom stereocenters. The third-order valence-electron chi connectivity index (χ3n) is 3.43. The van der Waals surface area contributed by atoms with Gasteiger partial charge in [0.1, 0.15) is 5.75 Å². The molecule has 0 aliphatic carbocycles. The molecule has 1 aromatic carbocycles. The molecular weight excluding hydrogens is 270 g/mol. The first-order valence-corrected chi connectivity index (χ1v) is 7.11. The number of amides is 2.